The Balaban J connectivity index is 1.47. The number of carbonyl (C=O) groups excluding carboxylic acids is 1. The third kappa shape index (κ3) is 3.96. The van der Waals surface area contributed by atoms with Crippen LogP contribution in [-0.2, 0) is 4.74 Å². The lowest BCUT2D eigenvalue weighted by Gasteiger charge is -2.28. The number of nitrogens with zero attached hydrogens (tertiary/aromatic N) is 4. The standard InChI is InChI=1S/C20H22N6O2/c1-21-20(27)15-13-23-26(14-15)18-6-7-22-19(12-18)24-16-2-4-17(5-3-16)25-8-10-28-11-9-25/h2-7,12-14H,8-11H2,1H3,(H,21,27)(H,22,24). The fourth-order valence-electron chi connectivity index (χ4n) is 3.08. The predicted octanol–water partition coefficient (Wildman–Crippen LogP) is 2.21. The van der Waals surface area contributed by atoms with E-state index in [1.165, 1.54) is 11.9 Å². The Morgan fingerprint density at radius 3 is 2.64 bits per heavy atom. The summed E-state index contributed by atoms with van der Waals surface area (Å²) < 4.78 is 7.05. The number of aromatic nitrogens is 3. The van der Waals surface area contributed by atoms with Gasteiger partial charge in [0.15, 0.2) is 0 Å². The highest BCUT2D eigenvalue weighted by molar-refractivity contribution is 5.93. The van der Waals surface area contributed by atoms with Crippen LogP contribution in [0.5, 0.6) is 0 Å². The molecule has 0 unspecified atom stereocenters. The Morgan fingerprint density at radius 1 is 1.11 bits per heavy atom. The Kier molecular flexibility index (Phi) is 5.20. The largest absolute Gasteiger partial charge is 0.378 e. The number of nitrogens with one attached hydrogen (secondary N) is 2. The molecule has 0 atom stereocenters. The van der Waals surface area contributed by atoms with Crippen molar-refractivity contribution in [3.8, 4) is 5.69 Å². The molecule has 144 valence electrons. The van der Waals surface area contributed by atoms with Gasteiger partial charge in [-0.15, -0.1) is 0 Å². The molecule has 1 aliphatic heterocycles. The van der Waals surface area contributed by atoms with Crippen LogP contribution in [0.4, 0.5) is 17.2 Å². The van der Waals surface area contributed by atoms with Gasteiger partial charge in [0.2, 0.25) is 0 Å². The quantitative estimate of drug-likeness (QED) is 0.708. The summed E-state index contributed by atoms with van der Waals surface area (Å²) in [6, 6.07) is 12.0. The molecule has 2 aromatic heterocycles. The van der Waals surface area contributed by atoms with Crippen molar-refractivity contribution in [1.29, 1.82) is 0 Å². The van der Waals surface area contributed by atoms with Crippen molar-refractivity contribution in [2.24, 2.45) is 0 Å². The fourth-order valence-corrected chi connectivity index (χ4v) is 3.08. The highest BCUT2D eigenvalue weighted by atomic mass is 16.5. The second-order valence-corrected chi connectivity index (χ2v) is 6.42. The van der Waals surface area contributed by atoms with Gasteiger partial charge in [-0.05, 0) is 30.3 Å². The van der Waals surface area contributed by atoms with E-state index in [0.717, 1.165) is 37.7 Å². The second kappa shape index (κ2) is 8.10. The van der Waals surface area contributed by atoms with Gasteiger partial charge in [0.25, 0.3) is 5.91 Å². The summed E-state index contributed by atoms with van der Waals surface area (Å²) in [7, 11) is 1.60. The zero-order valence-electron chi connectivity index (χ0n) is 15.6. The predicted molar refractivity (Wildman–Crippen MR) is 108 cm³/mol. The Labute approximate surface area is 163 Å². The van der Waals surface area contributed by atoms with Crippen LogP contribution in [0.2, 0.25) is 0 Å². The Morgan fingerprint density at radius 2 is 1.89 bits per heavy atom. The topological polar surface area (TPSA) is 84.3 Å². The molecule has 28 heavy (non-hydrogen) atoms. The molecule has 1 amide bonds. The first kappa shape index (κ1) is 18.0. The number of pyridine rings is 1. The zero-order valence-corrected chi connectivity index (χ0v) is 15.6. The van der Waals surface area contributed by atoms with Crippen LogP contribution in [0.1, 0.15) is 10.4 Å². The molecule has 0 aliphatic carbocycles. The van der Waals surface area contributed by atoms with Crippen LogP contribution < -0.4 is 15.5 Å². The third-order valence-electron chi connectivity index (χ3n) is 4.60. The maximum atomic E-state index is 11.7. The summed E-state index contributed by atoms with van der Waals surface area (Å²) in [5.74, 6) is 0.535. The van der Waals surface area contributed by atoms with Crippen molar-refractivity contribution in [3.63, 3.8) is 0 Å². The third-order valence-corrected chi connectivity index (χ3v) is 4.60. The van der Waals surface area contributed by atoms with Gasteiger partial charge < -0.3 is 20.3 Å². The average molecular weight is 378 g/mol. The fraction of sp³-hybridized carbons (Fsp3) is 0.250. The van der Waals surface area contributed by atoms with E-state index >= 15 is 0 Å². The van der Waals surface area contributed by atoms with E-state index in [9.17, 15) is 4.79 Å². The summed E-state index contributed by atoms with van der Waals surface area (Å²) in [5, 5.41) is 10.2. The molecule has 0 spiro atoms. The van der Waals surface area contributed by atoms with E-state index in [2.05, 4.69) is 37.7 Å². The molecule has 3 aromatic rings. The number of morpholine rings is 1. The number of hydrogen-bond acceptors (Lipinski definition) is 6. The van der Waals surface area contributed by atoms with Crippen LogP contribution in [0.3, 0.4) is 0 Å². The van der Waals surface area contributed by atoms with Gasteiger partial charge in [-0.1, -0.05) is 0 Å². The lowest BCUT2D eigenvalue weighted by Crippen LogP contribution is -2.36. The SMILES string of the molecule is CNC(=O)c1cnn(-c2ccnc(Nc3ccc(N4CCOCC4)cc3)c2)c1. The molecular weight excluding hydrogens is 356 g/mol. The van der Waals surface area contributed by atoms with E-state index in [0.29, 0.717) is 11.4 Å². The molecule has 1 aromatic carbocycles. The van der Waals surface area contributed by atoms with Crippen LogP contribution in [0.25, 0.3) is 5.69 Å². The molecule has 0 saturated carbocycles. The van der Waals surface area contributed by atoms with E-state index < -0.39 is 0 Å². The number of benzene rings is 1. The Hall–Kier alpha value is -3.39. The molecule has 3 heterocycles. The van der Waals surface area contributed by atoms with Crippen LogP contribution in [-0.4, -0.2) is 54.0 Å². The first-order valence-electron chi connectivity index (χ1n) is 9.16. The van der Waals surface area contributed by atoms with Crippen molar-refractivity contribution in [2.75, 3.05) is 43.6 Å². The lowest BCUT2D eigenvalue weighted by atomic mass is 10.2. The molecular formula is C20H22N6O2. The van der Waals surface area contributed by atoms with E-state index in [1.807, 2.05) is 24.3 Å². The molecule has 1 aliphatic rings. The highest BCUT2D eigenvalue weighted by Gasteiger charge is 2.11. The van der Waals surface area contributed by atoms with Crippen molar-refractivity contribution in [3.05, 3.63) is 60.6 Å². The monoisotopic (exact) mass is 378 g/mol. The van der Waals surface area contributed by atoms with Crippen molar-refractivity contribution < 1.29 is 9.53 Å². The summed E-state index contributed by atoms with van der Waals surface area (Å²) in [4.78, 5) is 18.4. The first-order valence-corrected chi connectivity index (χ1v) is 9.16. The van der Waals surface area contributed by atoms with Gasteiger partial charge >= 0.3 is 0 Å². The molecule has 0 radical (unpaired) electrons. The van der Waals surface area contributed by atoms with Gasteiger partial charge in [-0.2, -0.15) is 5.10 Å². The molecule has 8 nitrogen and oxygen atoms in total. The molecule has 8 heteroatoms. The molecule has 2 N–H and O–H groups in total. The summed E-state index contributed by atoms with van der Waals surface area (Å²) in [6.07, 6.45) is 4.94. The normalized spacial score (nSPS) is 14.0. The number of anilines is 3. The van der Waals surface area contributed by atoms with Gasteiger partial charge in [0.1, 0.15) is 5.82 Å². The van der Waals surface area contributed by atoms with Crippen LogP contribution in [0, 0.1) is 0 Å². The minimum Gasteiger partial charge on any atom is -0.378 e. The van der Waals surface area contributed by atoms with Gasteiger partial charge in [0, 0.05) is 50.0 Å². The zero-order chi connectivity index (χ0) is 19.3. The molecule has 0 bridgehead atoms. The first-order chi connectivity index (χ1) is 13.7. The number of carbonyl (C=O) groups is 1. The Bertz CT molecular complexity index is 947. The van der Waals surface area contributed by atoms with E-state index in [4.69, 9.17) is 4.74 Å². The van der Waals surface area contributed by atoms with E-state index in [-0.39, 0.29) is 5.91 Å². The van der Waals surface area contributed by atoms with Crippen LogP contribution in [0.15, 0.2) is 55.0 Å². The van der Waals surface area contributed by atoms with Crippen LogP contribution >= 0.6 is 0 Å². The molecule has 1 saturated heterocycles. The second-order valence-electron chi connectivity index (χ2n) is 6.42. The number of hydrogen-bond donors (Lipinski definition) is 2. The van der Waals surface area contributed by atoms with Crippen molar-refractivity contribution >= 4 is 23.1 Å². The lowest BCUT2D eigenvalue weighted by molar-refractivity contribution is 0.0963. The highest BCUT2D eigenvalue weighted by Crippen LogP contribution is 2.22. The van der Waals surface area contributed by atoms with Crippen molar-refractivity contribution in [1.82, 2.24) is 20.1 Å². The summed E-state index contributed by atoms with van der Waals surface area (Å²) in [6.45, 7) is 3.37. The van der Waals surface area contributed by atoms with Gasteiger partial charge in [0.05, 0.1) is 30.7 Å². The minimum absolute atomic E-state index is 0.168. The minimum atomic E-state index is -0.168. The van der Waals surface area contributed by atoms with Gasteiger partial charge in [-0.3, -0.25) is 4.79 Å². The number of ether oxygens (including phenoxy) is 1. The maximum absolute atomic E-state index is 11.7. The smallest absolute Gasteiger partial charge is 0.254 e. The molecule has 1 fully saturated rings. The van der Waals surface area contributed by atoms with E-state index in [1.54, 1.807) is 24.1 Å². The summed E-state index contributed by atoms with van der Waals surface area (Å²) >= 11 is 0. The summed E-state index contributed by atoms with van der Waals surface area (Å²) in [5.41, 5.74) is 3.46. The average Bonchev–Trinajstić information content (AvgIpc) is 3.25. The van der Waals surface area contributed by atoms with Gasteiger partial charge in [-0.25, -0.2) is 9.67 Å². The maximum Gasteiger partial charge on any atom is 0.254 e. The number of rotatable bonds is 5. The molecule has 4 rings (SSSR count). The van der Waals surface area contributed by atoms with Crippen molar-refractivity contribution in [2.45, 2.75) is 0 Å². The number of amides is 1.